The number of hydrogen-bond donors (Lipinski definition) is 1. The standard InChI is InChI=1S/C20H20N6O4S/c1-30-16-7-4-13(5-8-16)19-22-23-20(25(19)21)31-12-18(27)24-10-2-3-14-11-15(26(28)29)6-9-17(14)24/h4-9,11H,2-3,10,12,21H2,1H3. The van der Waals surface area contributed by atoms with Gasteiger partial charge < -0.3 is 15.5 Å². The van der Waals surface area contributed by atoms with Crippen molar-refractivity contribution in [2.75, 3.05) is 30.1 Å². The molecule has 2 N–H and O–H groups in total. The summed E-state index contributed by atoms with van der Waals surface area (Å²) in [6.07, 6.45) is 1.45. The Hall–Kier alpha value is -3.60. The minimum absolute atomic E-state index is 0.0321. The SMILES string of the molecule is COc1ccc(-c2nnc(SCC(=O)N3CCCc4cc([N+](=O)[O-])ccc43)n2N)cc1. The van der Waals surface area contributed by atoms with E-state index in [1.165, 1.54) is 22.5 Å². The van der Waals surface area contributed by atoms with Crippen LogP contribution in [-0.4, -0.2) is 45.1 Å². The van der Waals surface area contributed by atoms with Crippen LogP contribution in [0.25, 0.3) is 11.4 Å². The van der Waals surface area contributed by atoms with Crippen molar-refractivity contribution < 1.29 is 14.5 Å². The molecule has 1 amide bonds. The Labute approximate surface area is 182 Å². The molecule has 0 unspecified atom stereocenters. The number of fused-ring (bicyclic) bond motifs is 1. The minimum Gasteiger partial charge on any atom is -0.497 e. The number of non-ortho nitro benzene ring substituents is 1. The molecule has 0 atom stereocenters. The first-order valence-electron chi connectivity index (χ1n) is 9.53. The summed E-state index contributed by atoms with van der Waals surface area (Å²) in [5, 5.41) is 19.7. The molecule has 2 heterocycles. The van der Waals surface area contributed by atoms with Crippen molar-refractivity contribution in [3.63, 3.8) is 0 Å². The third kappa shape index (κ3) is 4.17. The maximum absolute atomic E-state index is 12.9. The van der Waals surface area contributed by atoms with Crippen LogP contribution in [0.5, 0.6) is 5.75 Å². The normalized spacial score (nSPS) is 13.0. The number of amides is 1. The zero-order valence-electron chi connectivity index (χ0n) is 16.7. The summed E-state index contributed by atoms with van der Waals surface area (Å²) in [6.45, 7) is 0.566. The molecule has 1 aromatic heterocycles. The van der Waals surface area contributed by atoms with Crippen molar-refractivity contribution in [1.29, 1.82) is 0 Å². The van der Waals surface area contributed by atoms with E-state index in [1.54, 1.807) is 36.3 Å². The van der Waals surface area contributed by atoms with E-state index in [9.17, 15) is 14.9 Å². The number of nitrogen functional groups attached to an aromatic ring is 1. The van der Waals surface area contributed by atoms with Crippen LogP contribution in [0.3, 0.4) is 0 Å². The quantitative estimate of drug-likeness (QED) is 0.268. The van der Waals surface area contributed by atoms with Crippen molar-refractivity contribution in [2.24, 2.45) is 0 Å². The molecular weight excluding hydrogens is 420 g/mol. The van der Waals surface area contributed by atoms with Gasteiger partial charge in [-0.15, -0.1) is 10.2 Å². The molecule has 0 bridgehead atoms. The van der Waals surface area contributed by atoms with E-state index in [0.717, 1.165) is 29.0 Å². The largest absolute Gasteiger partial charge is 0.497 e. The van der Waals surface area contributed by atoms with Gasteiger partial charge in [0.15, 0.2) is 5.82 Å². The van der Waals surface area contributed by atoms with Crippen LogP contribution in [-0.2, 0) is 11.2 Å². The van der Waals surface area contributed by atoms with Crippen LogP contribution in [0.1, 0.15) is 12.0 Å². The molecule has 2 aromatic carbocycles. The number of nitro groups is 1. The number of carbonyl (C=O) groups is 1. The number of carbonyl (C=O) groups excluding carboxylic acids is 1. The zero-order valence-corrected chi connectivity index (χ0v) is 17.5. The fourth-order valence-corrected chi connectivity index (χ4v) is 4.21. The number of thioether (sulfide) groups is 1. The topological polar surface area (TPSA) is 129 Å². The van der Waals surface area contributed by atoms with Crippen LogP contribution < -0.4 is 15.5 Å². The molecule has 10 nitrogen and oxygen atoms in total. The highest BCUT2D eigenvalue weighted by Gasteiger charge is 2.25. The average Bonchev–Trinajstić information content (AvgIpc) is 3.16. The van der Waals surface area contributed by atoms with Gasteiger partial charge in [0.25, 0.3) is 5.69 Å². The molecule has 0 aliphatic carbocycles. The van der Waals surface area contributed by atoms with Gasteiger partial charge in [-0.25, -0.2) is 4.68 Å². The Balaban J connectivity index is 1.46. The third-order valence-electron chi connectivity index (χ3n) is 5.03. The molecule has 11 heteroatoms. The van der Waals surface area contributed by atoms with Crippen LogP contribution in [0, 0.1) is 10.1 Å². The molecule has 1 aliphatic heterocycles. The maximum Gasteiger partial charge on any atom is 0.269 e. The van der Waals surface area contributed by atoms with E-state index < -0.39 is 4.92 Å². The monoisotopic (exact) mass is 440 g/mol. The Kier molecular flexibility index (Phi) is 5.76. The lowest BCUT2D eigenvalue weighted by Crippen LogP contribution is -2.36. The van der Waals surface area contributed by atoms with E-state index in [2.05, 4.69) is 10.2 Å². The summed E-state index contributed by atoms with van der Waals surface area (Å²) in [7, 11) is 1.59. The average molecular weight is 440 g/mol. The maximum atomic E-state index is 12.9. The third-order valence-corrected chi connectivity index (χ3v) is 5.96. The minimum atomic E-state index is -0.425. The lowest BCUT2D eigenvalue weighted by atomic mass is 10.0. The fourth-order valence-electron chi connectivity index (χ4n) is 3.47. The van der Waals surface area contributed by atoms with Crippen LogP contribution in [0.2, 0.25) is 0 Å². The number of aromatic nitrogens is 3. The van der Waals surface area contributed by atoms with Gasteiger partial charge in [0, 0.05) is 29.9 Å². The predicted octanol–water partition coefficient (Wildman–Crippen LogP) is 2.65. The van der Waals surface area contributed by atoms with E-state index in [0.29, 0.717) is 23.9 Å². The number of ether oxygens (including phenoxy) is 1. The molecule has 3 aromatic rings. The summed E-state index contributed by atoms with van der Waals surface area (Å²) in [5.74, 6) is 7.35. The lowest BCUT2D eigenvalue weighted by molar-refractivity contribution is -0.384. The predicted molar refractivity (Wildman–Crippen MR) is 117 cm³/mol. The number of nitrogens with zero attached hydrogens (tertiary/aromatic N) is 5. The Morgan fingerprint density at radius 1 is 1.26 bits per heavy atom. The first kappa shape index (κ1) is 20.7. The summed E-state index contributed by atoms with van der Waals surface area (Å²) < 4.78 is 6.51. The molecule has 0 radical (unpaired) electrons. The van der Waals surface area contributed by atoms with Gasteiger partial charge in [-0.05, 0) is 48.7 Å². The zero-order chi connectivity index (χ0) is 22.0. The summed E-state index contributed by atoms with van der Waals surface area (Å²) in [4.78, 5) is 25.1. The Morgan fingerprint density at radius 3 is 2.74 bits per heavy atom. The molecule has 160 valence electrons. The summed E-state index contributed by atoms with van der Waals surface area (Å²) in [6, 6.07) is 11.9. The fraction of sp³-hybridized carbons (Fsp3) is 0.250. The van der Waals surface area contributed by atoms with Gasteiger partial charge in [-0.2, -0.15) is 0 Å². The van der Waals surface area contributed by atoms with Gasteiger partial charge >= 0.3 is 0 Å². The van der Waals surface area contributed by atoms with Gasteiger partial charge in [0.2, 0.25) is 11.1 Å². The Morgan fingerprint density at radius 2 is 2.03 bits per heavy atom. The highest BCUT2D eigenvalue weighted by molar-refractivity contribution is 7.99. The van der Waals surface area contributed by atoms with Gasteiger partial charge in [0.05, 0.1) is 17.8 Å². The number of hydrogen-bond acceptors (Lipinski definition) is 8. The highest BCUT2D eigenvalue weighted by Crippen LogP contribution is 2.31. The molecule has 0 fully saturated rings. The van der Waals surface area contributed by atoms with E-state index in [1.807, 2.05) is 12.1 Å². The Bertz CT molecular complexity index is 1130. The van der Waals surface area contributed by atoms with Crippen molar-refractivity contribution in [2.45, 2.75) is 18.0 Å². The van der Waals surface area contributed by atoms with Crippen LogP contribution in [0.4, 0.5) is 11.4 Å². The van der Waals surface area contributed by atoms with E-state index in [-0.39, 0.29) is 17.3 Å². The van der Waals surface area contributed by atoms with Crippen molar-refractivity contribution in [3.8, 4) is 17.1 Å². The molecular formula is C20H20N6O4S. The van der Waals surface area contributed by atoms with Crippen molar-refractivity contribution in [3.05, 3.63) is 58.1 Å². The lowest BCUT2D eigenvalue weighted by Gasteiger charge is -2.29. The second kappa shape index (κ2) is 8.64. The first-order chi connectivity index (χ1) is 15.0. The highest BCUT2D eigenvalue weighted by atomic mass is 32.2. The second-order valence-corrected chi connectivity index (χ2v) is 7.85. The van der Waals surface area contributed by atoms with Gasteiger partial charge in [-0.1, -0.05) is 11.8 Å². The number of rotatable bonds is 6. The molecule has 1 aliphatic rings. The molecule has 0 saturated heterocycles. The van der Waals surface area contributed by atoms with Crippen molar-refractivity contribution >= 4 is 29.0 Å². The number of nitrogens with two attached hydrogens (primary N) is 1. The van der Waals surface area contributed by atoms with Crippen molar-refractivity contribution in [1.82, 2.24) is 14.9 Å². The van der Waals surface area contributed by atoms with E-state index >= 15 is 0 Å². The summed E-state index contributed by atoms with van der Waals surface area (Å²) >= 11 is 1.19. The molecule has 0 saturated carbocycles. The second-order valence-electron chi connectivity index (χ2n) is 6.91. The number of aryl methyl sites for hydroxylation is 1. The van der Waals surface area contributed by atoms with Gasteiger partial charge in [-0.3, -0.25) is 14.9 Å². The van der Waals surface area contributed by atoms with Gasteiger partial charge in [0.1, 0.15) is 5.75 Å². The molecule has 0 spiro atoms. The first-order valence-corrected chi connectivity index (χ1v) is 10.5. The number of benzene rings is 2. The smallest absolute Gasteiger partial charge is 0.269 e. The number of methoxy groups -OCH3 is 1. The van der Waals surface area contributed by atoms with E-state index in [4.69, 9.17) is 10.6 Å². The number of nitro benzene ring substituents is 1. The van der Waals surface area contributed by atoms with Crippen LogP contribution >= 0.6 is 11.8 Å². The summed E-state index contributed by atoms with van der Waals surface area (Å²) in [5.41, 5.74) is 2.34. The molecule has 31 heavy (non-hydrogen) atoms. The van der Waals surface area contributed by atoms with Crippen LogP contribution in [0.15, 0.2) is 47.6 Å². The molecule has 4 rings (SSSR count). The number of anilines is 1.